The summed E-state index contributed by atoms with van der Waals surface area (Å²) in [4.78, 5) is 2.63. The molecule has 0 spiro atoms. The van der Waals surface area contributed by atoms with Gasteiger partial charge in [-0.25, -0.2) is 0 Å². The Bertz CT molecular complexity index is 174. The number of anilines is 2. The highest BCUT2D eigenvalue weighted by Crippen LogP contribution is 2.19. The van der Waals surface area contributed by atoms with Crippen LogP contribution >= 0.6 is 11.6 Å². The molecule has 4 heteroatoms. The zero-order valence-electron chi connectivity index (χ0n) is 4.11. The van der Waals surface area contributed by atoms with Gasteiger partial charge in [0.25, 0.3) is 0 Å². The van der Waals surface area contributed by atoms with Gasteiger partial charge in [-0.05, 0) is 0 Å². The van der Waals surface area contributed by atoms with E-state index in [9.17, 15) is 0 Å². The molecule has 1 aromatic rings. The van der Waals surface area contributed by atoms with Gasteiger partial charge in [0.15, 0.2) is 0 Å². The molecular weight excluding hydrogens is 126 g/mol. The topological polar surface area (TPSA) is 67.8 Å². The third kappa shape index (κ3) is 0.721. The molecule has 1 rings (SSSR count). The molecule has 0 amide bonds. The summed E-state index contributed by atoms with van der Waals surface area (Å²) >= 11 is 5.49. The molecule has 5 N–H and O–H groups in total. The van der Waals surface area contributed by atoms with Gasteiger partial charge in [-0.1, -0.05) is 11.6 Å². The summed E-state index contributed by atoms with van der Waals surface area (Å²) in [5, 5.41) is 0.475. The number of nitrogens with one attached hydrogen (secondary N) is 1. The first-order valence-corrected chi connectivity index (χ1v) is 2.47. The second-order valence-corrected chi connectivity index (χ2v) is 1.89. The fourth-order valence-corrected chi connectivity index (χ4v) is 0.630. The summed E-state index contributed by atoms with van der Waals surface area (Å²) in [7, 11) is 0. The van der Waals surface area contributed by atoms with Crippen molar-refractivity contribution in [2.75, 3.05) is 11.5 Å². The lowest BCUT2D eigenvalue weighted by Gasteiger charge is -1.81. The minimum atomic E-state index is 0.421. The highest BCUT2D eigenvalue weighted by atomic mass is 35.5. The van der Waals surface area contributed by atoms with E-state index >= 15 is 0 Å². The lowest BCUT2D eigenvalue weighted by Crippen LogP contribution is -1.86. The van der Waals surface area contributed by atoms with Crippen LogP contribution < -0.4 is 11.5 Å². The summed E-state index contributed by atoms with van der Waals surface area (Å²) in [5.74, 6) is 0.914. The third-order valence-electron chi connectivity index (χ3n) is 0.819. The molecule has 1 aromatic heterocycles. The molecule has 0 aliphatic carbocycles. The average molecular weight is 132 g/mol. The van der Waals surface area contributed by atoms with E-state index in [1.54, 1.807) is 6.07 Å². The molecule has 0 aromatic carbocycles. The summed E-state index contributed by atoms with van der Waals surface area (Å²) in [5.41, 5.74) is 10.5. The van der Waals surface area contributed by atoms with Gasteiger partial charge in [0.05, 0.1) is 5.02 Å². The summed E-state index contributed by atoms with van der Waals surface area (Å²) in [6, 6.07) is 1.57. The van der Waals surface area contributed by atoms with E-state index < -0.39 is 0 Å². The average Bonchev–Trinajstić information content (AvgIpc) is 1.85. The predicted molar refractivity (Wildman–Crippen MR) is 34.6 cm³/mol. The Balaban J connectivity index is 3.14. The Morgan fingerprint density at radius 1 is 1.50 bits per heavy atom. The molecule has 3 nitrogen and oxygen atoms in total. The lowest BCUT2D eigenvalue weighted by molar-refractivity contribution is 1.42. The Hall–Kier alpha value is -0.830. The SMILES string of the molecule is Nc1cc(Cl)c(N)[nH]1. The van der Waals surface area contributed by atoms with Gasteiger partial charge in [-0.15, -0.1) is 0 Å². The van der Waals surface area contributed by atoms with E-state index in [1.165, 1.54) is 0 Å². The van der Waals surface area contributed by atoms with Crippen molar-refractivity contribution in [2.45, 2.75) is 0 Å². The standard InChI is InChI=1S/C4H6ClN3/c5-2-1-3(6)8-4(2)7/h1,8H,6-7H2. The fourth-order valence-electron chi connectivity index (χ4n) is 0.466. The van der Waals surface area contributed by atoms with Crippen molar-refractivity contribution in [1.29, 1.82) is 0 Å². The van der Waals surface area contributed by atoms with Gasteiger partial charge < -0.3 is 16.5 Å². The minimum absolute atomic E-state index is 0.421. The number of hydrogen-bond acceptors (Lipinski definition) is 2. The summed E-state index contributed by atoms with van der Waals surface area (Å²) in [6.45, 7) is 0. The van der Waals surface area contributed by atoms with Gasteiger partial charge in [0.2, 0.25) is 0 Å². The fraction of sp³-hybridized carbons (Fsp3) is 0. The van der Waals surface area contributed by atoms with Crippen molar-refractivity contribution in [1.82, 2.24) is 4.98 Å². The highest BCUT2D eigenvalue weighted by molar-refractivity contribution is 6.33. The van der Waals surface area contributed by atoms with Crippen LogP contribution in [0.25, 0.3) is 0 Å². The molecule has 1 heterocycles. The van der Waals surface area contributed by atoms with Crippen LogP contribution in [0.1, 0.15) is 0 Å². The number of nitrogen functional groups attached to an aromatic ring is 2. The van der Waals surface area contributed by atoms with Crippen LogP contribution in [0, 0.1) is 0 Å². The van der Waals surface area contributed by atoms with Crippen molar-refractivity contribution < 1.29 is 0 Å². The van der Waals surface area contributed by atoms with Crippen molar-refractivity contribution in [2.24, 2.45) is 0 Å². The second-order valence-electron chi connectivity index (χ2n) is 1.49. The maximum atomic E-state index is 5.49. The minimum Gasteiger partial charge on any atom is -0.385 e. The number of hydrogen-bond donors (Lipinski definition) is 3. The summed E-state index contributed by atoms with van der Waals surface area (Å²) < 4.78 is 0. The number of aromatic amines is 1. The quantitative estimate of drug-likeness (QED) is 0.488. The first kappa shape index (κ1) is 5.31. The zero-order chi connectivity index (χ0) is 6.15. The van der Waals surface area contributed by atoms with Crippen LogP contribution in [0.4, 0.5) is 11.6 Å². The van der Waals surface area contributed by atoms with Crippen molar-refractivity contribution in [3.8, 4) is 0 Å². The normalized spacial score (nSPS) is 9.62. The van der Waals surface area contributed by atoms with Crippen molar-refractivity contribution in [3.63, 3.8) is 0 Å². The van der Waals surface area contributed by atoms with Crippen LogP contribution in [0.5, 0.6) is 0 Å². The molecular formula is C4H6ClN3. The largest absolute Gasteiger partial charge is 0.385 e. The zero-order valence-corrected chi connectivity index (χ0v) is 4.87. The second kappa shape index (κ2) is 1.59. The molecule has 0 aliphatic heterocycles. The van der Waals surface area contributed by atoms with E-state index in [1.807, 2.05) is 0 Å². The van der Waals surface area contributed by atoms with E-state index in [0.29, 0.717) is 16.7 Å². The van der Waals surface area contributed by atoms with Gasteiger partial charge in [0.1, 0.15) is 11.6 Å². The monoisotopic (exact) mass is 131 g/mol. The number of H-pyrrole nitrogens is 1. The van der Waals surface area contributed by atoms with Gasteiger partial charge >= 0.3 is 0 Å². The Morgan fingerprint density at radius 3 is 2.25 bits per heavy atom. The number of nitrogens with two attached hydrogens (primary N) is 2. The third-order valence-corrected chi connectivity index (χ3v) is 1.13. The van der Waals surface area contributed by atoms with Crippen molar-refractivity contribution >= 4 is 23.2 Å². The Morgan fingerprint density at radius 2 is 2.12 bits per heavy atom. The first-order valence-electron chi connectivity index (χ1n) is 2.09. The van der Waals surface area contributed by atoms with Gasteiger partial charge in [0, 0.05) is 6.07 Å². The number of rotatable bonds is 0. The Kier molecular flexibility index (Phi) is 1.06. The molecule has 0 aliphatic rings. The molecule has 8 heavy (non-hydrogen) atoms. The summed E-state index contributed by atoms with van der Waals surface area (Å²) in [6.07, 6.45) is 0. The smallest absolute Gasteiger partial charge is 0.121 e. The molecule has 0 unspecified atom stereocenters. The first-order chi connectivity index (χ1) is 3.70. The Labute approximate surface area is 51.6 Å². The van der Waals surface area contributed by atoms with Crippen LogP contribution in [0.15, 0.2) is 6.07 Å². The van der Waals surface area contributed by atoms with Crippen LogP contribution in [0.3, 0.4) is 0 Å². The maximum absolute atomic E-state index is 5.49. The molecule has 0 atom stereocenters. The van der Waals surface area contributed by atoms with Gasteiger partial charge in [-0.2, -0.15) is 0 Å². The lowest BCUT2D eigenvalue weighted by atomic mass is 10.6. The van der Waals surface area contributed by atoms with Crippen molar-refractivity contribution in [3.05, 3.63) is 11.1 Å². The molecule has 0 bridgehead atoms. The number of aromatic nitrogens is 1. The van der Waals surface area contributed by atoms with Crippen LogP contribution in [0.2, 0.25) is 5.02 Å². The molecule has 0 radical (unpaired) electrons. The van der Waals surface area contributed by atoms with Crippen LogP contribution in [-0.2, 0) is 0 Å². The van der Waals surface area contributed by atoms with Gasteiger partial charge in [-0.3, -0.25) is 0 Å². The molecule has 0 saturated carbocycles. The van der Waals surface area contributed by atoms with Crippen LogP contribution in [-0.4, -0.2) is 4.98 Å². The van der Waals surface area contributed by atoms with E-state index in [2.05, 4.69) is 4.98 Å². The van der Waals surface area contributed by atoms with E-state index in [0.717, 1.165) is 0 Å². The maximum Gasteiger partial charge on any atom is 0.121 e. The molecule has 44 valence electrons. The highest BCUT2D eigenvalue weighted by Gasteiger charge is 1.96. The van der Waals surface area contributed by atoms with E-state index in [4.69, 9.17) is 23.1 Å². The predicted octanol–water partition coefficient (Wildman–Crippen LogP) is 0.833. The van der Waals surface area contributed by atoms with E-state index in [-0.39, 0.29) is 0 Å². The molecule has 0 saturated heterocycles. The number of halogens is 1. The molecule has 0 fully saturated rings.